The van der Waals surface area contributed by atoms with Crippen molar-refractivity contribution in [2.24, 2.45) is 0 Å². The Hall–Kier alpha value is -1.99. The molecule has 3 heterocycles. The third kappa shape index (κ3) is 3.14. The Morgan fingerprint density at radius 2 is 1.83 bits per heavy atom. The fourth-order valence-electron chi connectivity index (χ4n) is 3.81. The zero-order valence-corrected chi connectivity index (χ0v) is 13.9. The normalized spacial score (nSPS) is 25.3. The summed E-state index contributed by atoms with van der Waals surface area (Å²) in [5.41, 5.74) is 0.258. The molecule has 1 atom stereocenters. The Balaban J connectivity index is 1.48. The third-order valence-corrected chi connectivity index (χ3v) is 5.04. The maximum absolute atomic E-state index is 11.0. The second kappa shape index (κ2) is 6.49. The fourth-order valence-corrected chi connectivity index (χ4v) is 3.81. The Morgan fingerprint density at radius 1 is 1.04 bits per heavy atom. The van der Waals surface area contributed by atoms with Crippen molar-refractivity contribution in [2.75, 3.05) is 37.6 Å². The summed E-state index contributed by atoms with van der Waals surface area (Å²) in [5.74, 6) is 0.704. The smallest absolute Gasteiger partial charge is 0.250 e. The van der Waals surface area contributed by atoms with Crippen LogP contribution in [0.2, 0.25) is 0 Å². The van der Waals surface area contributed by atoms with Crippen molar-refractivity contribution < 1.29 is 5.11 Å². The monoisotopic (exact) mass is 328 g/mol. The molecular weight excluding hydrogens is 304 g/mol. The number of piperidine rings is 1. The molecule has 0 aliphatic carbocycles. The molecule has 24 heavy (non-hydrogen) atoms. The SMILES string of the molecule is O[C@]1(CN2CCCCC2)CCN(c2nnnn2-c2ccccc2)C1. The fraction of sp³-hybridized carbons (Fsp3) is 0.588. The number of tetrazole rings is 1. The summed E-state index contributed by atoms with van der Waals surface area (Å²) in [6, 6.07) is 9.88. The van der Waals surface area contributed by atoms with Gasteiger partial charge in [0.2, 0.25) is 5.95 Å². The van der Waals surface area contributed by atoms with Gasteiger partial charge in [-0.3, -0.25) is 0 Å². The lowest BCUT2D eigenvalue weighted by molar-refractivity contribution is 0.0169. The zero-order chi connectivity index (χ0) is 16.4. The second-order valence-electron chi connectivity index (χ2n) is 6.96. The summed E-state index contributed by atoms with van der Waals surface area (Å²) < 4.78 is 1.74. The highest BCUT2D eigenvalue weighted by atomic mass is 16.3. The summed E-state index contributed by atoms with van der Waals surface area (Å²) in [6.45, 7) is 4.30. The van der Waals surface area contributed by atoms with Crippen molar-refractivity contribution in [1.29, 1.82) is 0 Å². The first kappa shape index (κ1) is 15.5. The second-order valence-corrected chi connectivity index (χ2v) is 6.96. The molecule has 2 aromatic rings. The summed E-state index contributed by atoms with van der Waals surface area (Å²) >= 11 is 0. The summed E-state index contributed by atoms with van der Waals surface area (Å²) in [6.07, 6.45) is 4.55. The van der Waals surface area contributed by atoms with Gasteiger partial charge in [-0.1, -0.05) is 29.7 Å². The van der Waals surface area contributed by atoms with Crippen molar-refractivity contribution >= 4 is 5.95 Å². The Kier molecular flexibility index (Phi) is 4.20. The largest absolute Gasteiger partial charge is 0.387 e. The maximum Gasteiger partial charge on any atom is 0.250 e. The van der Waals surface area contributed by atoms with Gasteiger partial charge in [0.25, 0.3) is 0 Å². The van der Waals surface area contributed by atoms with Crippen LogP contribution in [0.15, 0.2) is 30.3 Å². The van der Waals surface area contributed by atoms with Gasteiger partial charge < -0.3 is 14.9 Å². The number of β-amino-alcohol motifs (C(OH)–C–C–N with tert-alkyl or cyclic N) is 1. The van der Waals surface area contributed by atoms with Crippen LogP contribution in [0.5, 0.6) is 0 Å². The Labute approximate surface area is 141 Å². The van der Waals surface area contributed by atoms with Crippen LogP contribution < -0.4 is 4.90 Å². The van der Waals surface area contributed by atoms with E-state index in [-0.39, 0.29) is 0 Å². The third-order valence-electron chi connectivity index (χ3n) is 5.04. The molecule has 0 radical (unpaired) electrons. The predicted molar refractivity (Wildman–Crippen MR) is 91.2 cm³/mol. The van der Waals surface area contributed by atoms with Gasteiger partial charge in [-0.15, -0.1) is 0 Å². The molecule has 4 rings (SSSR count). The van der Waals surface area contributed by atoms with Gasteiger partial charge in [-0.2, -0.15) is 4.68 Å². The van der Waals surface area contributed by atoms with Crippen LogP contribution in [0.3, 0.4) is 0 Å². The van der Waals surface area contributed by atoms with Crippen LogP contribution in [-0.2, 0) is 0 Å². The number of para-hydroxylation sites is 1. The molecule has 1 N–H and O–H groups in total. The molecule has 0 unspecified atom stereocenters. The number of hydrogen-bond acceptors (Lipinski definition) is 6. The van der Waals surface area contributed by atoms with Gasteiger partial charge in [0, 0.05) is 13.1 Å². The topological polar surface area (TPSA) is 70.3 Å². The van der Waals surface area contributed by atoms with E-state index in [1.54, 1.807) is 4.68 Å². The minimum atomic E-state index is -0.676. The zero-order valence-electron chi connectivity index (χ0n) is 13.9. The number of hydrogen-bond donors (Lipinski definition) is 1. The lowest BCUT2D eigenvalue weighted by Gasteiger charge is -2.33. The quantitative estimate of drug-likeness (QED) is 0.906. The predicted octanol–water partition coefficient (Wildman–Crippen LogP) is 1.09. The van der Waals surface area contributed by atoms with Gasteiger partial charge >= 0.3 is 0 Å². The van der Waals surface area contributed by atoms with E-state index in [4.69, 9.17) is 0 Å². The summed E-state index contributed by atoms with van der Waals surface area (Å²) in [5, 5.41) is 23.2. The highest BCUT2D eigenvalue weighted by Gasteiger charge is 2.39. The Bertz CT molecular complexity index is 669. The van der Waals surface area contributed by atoms with Crippen LogP contribution in [0.1, 0.15) is 25.7 Å². The van der Waals surface area contributed by atoms with Crippen LogP contribution in [-0.4, -0.2) is 68.5 Å². The first-order valence-corrected chi connectivity index (χ1v) is 8.77. The molecular formula is C17H24N6O. The van der Waals surface area contributed by atoms with Crippen molar-refractivity contribution in [3.05, 3.63) is 30.3 Å². The number of rotatable bonds is 4. The Morgan fingerprint density at radius 3 is 2.62 bits per heavy atom. The van der Waals surface area contributed by atoms with Gasteiger partial charge in [-0.05, 0) is 54.9 Å². The van der Waals surface area contributed by atoms with Crippen LogP contribution in [0.25, 0.3) is 5.69 Å². The van der Waals surface area contributed by atoms with Gasteiger partial charge in [0.1, 0.15) is 0 Å². The molecule has 2 aliphatic rings. The molecule has 0 bridgehead atoms. The number of likely N-dealkylation sites (tertiary alicyclic amines) is 1. The van der Waals surface area contributed by atoms with Gasteiger partial charge in [-0.25, -0.2) is 0 Å². The van der Waals surface area contributed by atoms with Crippen molar-refractivity contribution in [1.82, 2.24) is 25.1 Å². The summed E-state index contributed by atoms with van der Waals surface area (Å²) in [7, 11) is 0. The average molecular weight is 328 g/mol. The molecule has 128 valence electrons. The van der Waals surface area contributed by atoms with Gasteiger partial charge in [0.15, 0.2) is 0 Å². The van der Waals surface area contributed by atoms with Crippen molar-refractivity contribution in [2.45, 2.75) is 31.3 Å². The van der Waals surface area contributed by atoms with E-state index in [2.05, 4.69) is 25.3 Å². The van der Waals surface area contributed by atoms with E-state index in [0.717, 1.165) is 38.3 Å². The molecule has 7 nitrogen and oxygen atoms in total. The highest BCUT2D eigenvalue weighted by Crippen LogP contribution is 2.28. The number of aliphatic hydroxyl groups is 1. The van der Waals surface area contributed by atoms with Crippen LogP contribution in [0, 0.1) is 0 Å². The van der Waals surface area contributed by atoms with Gasteiger partial charge in [0.05, 0.1) is 17.8 Å². The van der Waals surface area contributed by atoms with E-state index in [1.807, 2.05) is 30.3 Å². The number of nitrogens with zero attached hydrogens (tertiary/aromatic N) is 6. The number of aromatic nitrogens is 4. The molecule has 7 heteroatoms. The van der Waals surface area contributed by atoms with E-state index >= 15 is 0 Å². The molecule has 1 aromatic carbocycles. The first-order valence-electron chi connectivity index (χ1n) is 8.77. The minimum Gasteiger partial charge on any atom is -0.387 e. The molecule has 0 spiro atoms. The van der Waals surface area contributed by atoms with Crippen LogP contribution >= 0.6 is 0 Å². The number of anilines is 1. The molecule has 2 saturated heterocycles. The molecule has 0 saturated carbocycles. The maximum atomic E-state index is 11.0. The molecule has 1 aromatic heterocycles. The van der Waals surface area contributed by atoms with E-state index in [1.165, 1.54) is 19.3 Å². The lowest BCUT2D eigenvalue weighted by Crippen LogP contribution is -2.47. The first-order chi connectivity index (χ1) is 11.7. The standard InChI is InChI=1S/C17H24N6O/c24-17(13-21-10-5-2-6-11-21)9-12-22(14-17)16-18-19-20-23(16)15-7-3-1-4-8-15/h1,3-4,7-8,24H,2,5-6,9-14H2/t17-/m0/s1. The minimum absolute atomic E-state index is 0.580. The van der Waals surface area contributed by atoms with E-state index in [0.29, 0.717) is 12.5 Å². The van der Waals surface area contributed by atoms with Crippen molar-refractivity contribution in [3.8, 4) is 5.69 Å². The molecule has 0 amide bonds. The van der Waals surface area contributed by atoms with E-state index in [9.17, 15) is 5.11 Å². The van der Waals surface area contributed by atoms with E-state index < -0.39 is 5.60 Å². The van der Waals surface area contributed by atoms with Crippen LogP contribution in [0.4, 0.5) is 5.95 Å². The molecule has 2 aliphatic heterocycles. The lowest BCUT2D eigenvalue weighted by atomic mass is 10.0. The number of benzene rings is 1. The average Bonchev–Trinajstić information content (AvgIpc) is 3.23. The molecule has 2 fully saturated rings. The van der Waals surface area contributed by atoms with Crippen molar-refractivity contribution in [3.63, 3.8) is 0 Å². The highest BCUT2D eigenvalue weighted by molar-refractivity contribution is 5.42. The summed E-state index contributed by atoms with van der Waals surface area (Å²) in [4.78, 5) is 4.49.